The number of nitrogens with zero attached hydrogens (tertiary/aromatic N) is 3. The van der Waals surface area contributed by atoms with Crippen molar-refractivity contribution in [1.82, 2.24) is 15.0 Å². The minimum Gasteiger partial charge on any atom is -0.492 e. The zero-order valence-corrected chi connectivity index (χ0v) is 13.1. The molecule has 2 aromatic rings. The predicted octanol–water partition coefficient (Wildman–Crippen LogP) is 3.26. The second-order valence-electron chi connectivity index (χ2n) is 5.46. The SMILES string of the molecule is CC(C)c1noc([C@@H](C)N(C)CCOc2ccccc2)n1. The monoisotopic (exact) mass is 289 g/mol. The molecule has 1 aromatic heterocycles. The molecule has 2 rings (SSSR count). The van der Waals surface area contributed by atoms with Crippen molar-refractivity contribution in [2.75, 3.05) is 20.2 Å². The lowest BCUT2D eigenvalue weighted by Gasteiger charge is -2.21. The average molecular weight is 289 g/mol. The summed E-state index contributed by atoms with van der Waals surface area (Å²) >= 11 is 0. The van der Waals surface area contributed by atoms with Gasteiger partial charge in [0.15, 0.2) is 5.82 Å². The first-order valence-corrected chi connectivity index (χ1v) is 7.29. The van der Waals surface area contributed by atoms with Crippen molar-refractivity contribution in [3.63, 3.8) is 0 Å². The van der Waals surface area contributed by atoms with E-state index in [1.165, 1.54) is 0 Å². The van der Waals surface area contributed by atoms with Gasteiger partial charge in [0.05, 0.1) is 6.04 Å². The Morgan fingerprint density at radius 1 is 1.19 bits per heavy atom. The lowest BCUT2D eigenvalue weighted by molar-refractivity contribution is 0.174. The number of aromatic nitrogens is 2. The number of benzene rings is 1. The first-order valence-electron chi connectivity index (χ1n) is 7.29. The van der Waals surface area contributed by atoms with E-state index in [-0.39, 0.29) is 12.0 Å². The van der Waals surface area contributed by atoms with Gasteiger partial charge in [0.25, 0.3) is 0 Å². The molecular weight excluding hydrogens is 266 g/mol. The molecule has 0 spiro atoms. The van der Waals surface area contributed by atoms with Gasteiger partial charge in [-0.3, -0.25) is 4.90 Å². The summed E-state index contributed by atoms with van der Waals surface area (Å²) in [7, 11) is 2.03. The number of hydrogen-bond donors (Lipinski definition) is 0. The molecule has 0 amide bonds. The summed E-state index contributed by atoms with van der Waals surface area (Å²) in [5.41, 5.74) is 0. The summed E-state index contributed by atoms with van der Waals surface area (Å²) in [5, 5.41) is 4.00. The first-order chi connectivity index (χ1) is 10.1. The van der Waals surface area contributed by atoms with Crippen molar-refractivity contribution in [1.29, 1.82) is 0 Å². The minimum atomic E-state index is 0.0735. The zero-order valence-electron chi connectivity index (χ0n) is 13.1. The molecule has 5 heteroatoms. The Hall–Kier alpha value is -1.88. The van der Waals surface area contributed by atoms with Crippen LogP contribution in [-0.4, -0.2) is 35.2 Å². The zero-order chi connectivity index (χ0) is 15.2. The van der Waals surface area contributed by atoms with Crippen molar-refractivity contribution in [2.24, 2.45) is 0 Å². The number of likely N-dealkylation sites (N-methyl/N-ethyl adjacent to an activating group) is 1. The van der Waals surface area contributed by atoms with E-state index in [0.29, 0.717) is 12.5 Å². The van der Waals surface area contributed by atoms with E-state index in [1.54, 1.807) is 0 Å². The molecule has 0 N–H and O–H groups in total. The molecule has 1 atom stereocenters. The van der Waals surface area contributed by atoms with Crippen LogP contribution in [0.1, 0.15) is 44.4 Å². The highest BCUT2D eigenvalue weighted by atomic mass is 16.5. The number of para-hydroxylation sites is 1. The first kappa shape index (κ1) is 15.5. The minimum absolute atomic E-state index is 0.0735. The van der Waals surface area contributed by atoms with Crippen LogP contribution in [0.5, 0.6) is 5.75 Å². The molecule has 0 radical (unpaired) electrons. The lowest BCUT2D eigenvalue weighted by atomic mass is 10.2. The molecule has 1 heterocycles. The number of ether oxygens (including phenoxy) is 1. The number of rotatable bonds is 7. The summed E-state index contributed by atoms with van der Waals surface area (Å²) in [6.07, 6.45) is 0. The Bertz CT molecular complexity index is 539. The summed E-state index contributed by atoms with van der Waals surface area (Å²) < 4.78 is 11.0. The molecule has 0 saturated heterocycles. The van der Waals surface area contributed by atoms with E-state index < -0.39 is 0 Å². The lowest BCUT2D eigenvalue weighted by Crippen LogP contribution is -2.27. The number of hydrogen-bond acceptors (Lipinski definition) is 5. The molecule has 0 bridgehead atoms. The van der Waals surface area contributed by atoms with Gasteiger partial charge in [0, 0.05) is 12.5 Å². The maximum Gasteiger partial charge on any atom is 0.243 e. The van der Waals surface area contributed by atoms with E-state index in [9.17, 15) is 0 Å². The quantitative estimate of drug-likeness (QED) is 0.783. The third-order valence-electron chi connectivity index (χ3n) is 3.45. The molecule has 0 aliphatic carbocycles. The van der Waals surface area contributed by atoms with Gasteiger partial charge in [-0.25, -0.2) is 0 Å². The fourth-order valence-corrected chi connectivity index (χ4v) is 1.86. The summed E-state index contributed by atoms with van der Waals surface area (Å²) in [6, 6.07) is 9.89. The summed E-state index contributed by atoms with van der Waals surface area (Å²) in [6.45, 7) is 7.57. The fourth-order valence-electron chi connectivity index (χ4n) is 1.86. The van der Waals surface area contributed by atoms with E-state index in [1.807, 2.05) is 37.4 Å². The molecule has 0 unspecified atom stereocenters. The normalized spacial score (nSPS) is 12.9. The Morgan fingerprint density at radius 2 is 1.90 bits per heavy atom. The van der Waals surface area contributed by atoms with Crippen LogP contribution >= 0.6 is 0 Å². The van der Waals surface area contributed by atoms with Crippen LogP contribution in [0.3, 0.4) is 0 Å². The fraction of sp³-hybridized carbons (Fsp3) is 0.500. The van der Waals surface area contributed by atoms with Gasteiger partial charge in [-0.2, -0.15) is 4.98 Å². The van der Waals surface area contributed by atoms with Crippen molar-refractivity contribution < 1.29 is 9.26 Å². The maximum atomic E-state index is 5.70. The Kier molecular flexibility index (Phi) is 5.33. The smallest absolute Gasteiger partial charge is 0.243 e. The molecule has 114 valence electrons. The molecule has 0 fully saturated rings. The van der Waals surface area contributed by atoms with Crippen molar-refractivity contribution in [3.8, 4) is 5.75 Å². The Balaban J connectivity index is 1.83. The third kappa shape index (κ3) is 4.29. The second kappa shape index (κ2) is 7.22. The highest BCUT2D eigenvalue weighted by Gasteiger charge is 2.19. The molecule has 5 nitrogen and oxygen atoms in total. The molecule has 21 heavy (non-hydrogen) atoms. The van der Waals surface area contributed by atoms with Crippen LogP contribution in [0.2, 0.25) is 0 Å². The van der Waals surface area contributed by atoms with Gasteiger partial charge in [0.1, 0.15) is 12.4 Å². The molecular formula is C16H23N3O2. The molecule has 1 aromatic carbocycles. The molecule has 0 aliphatic rings. The van der Waals surface area contributed by atoms with Gasteiger partial charge in [-0.15, -0.1) is 0 Å². The summed E-state index contributed by atoms with van der Waals surface area (Å²) in [5.74, 6) is 2.58. The largest absolute Gasteiger partial charge is 0.492 e. The van der Waals surface area contributed by atoms with E-state index in [0.717, 1.165) is 18.1 Å². The topological polar surface area (TPSA) is 51.4 Å². The van der Waals surface area contributed by atoms with Gasteiger partial charge in [-0.1, -0.05) is 37.2 Å². The van der Waals surface area contributed by atoms with Gasteiger partial charge in [-0.05, 0) is 26.1 Å². The van der Waals surface area contributed by atoms with Gasteiger partial charge < -0.3 is 9.26 Å². The van der Waals surface area contributed by atoms with Crippen molar-refractivity contribution >= 4 is 0 Å². The van der Waals surface area contributed by atoms with Crippen LogP contribution < -0.4 is 4.74 Å². The molecule has 0 aliphatic heterocycles. The van der Waals surface area contributed by atoms with Crippen molar-refractivity contribution in [3.05, 3.63) is 42.0 Å². The predicted molar refractivity (Wildman–Crippen MR) is 81.4 cm³/mol. The van der Waals surface area contributed by atoms with Gasteiger partial charge in [0.2, 0.25) is 5.89 Å². The third-order valence-corrected chi connectivity index (χ3v) is 3.45. The molecule has 0 saturated carbocycles. The van der Waals surface area contributed by atoms with Crippen LogP contribution in [0.15, 0.2) is 34.9 Å². The van der Waals surface area contributed by atoms with Crippen LogP contribution in [-0.2, 0) is 0 Å². The van der Waals surface area contributed by atoms with Gasteiger partial charge >= 0.3 is 0 Å². The Labute approximate surface area is 125 Å². The van der Waals surface area contributed by atoms with Crippen LogP contribution in [0.4, 0.5) is 0 Å². The maximum absolute atomic E-state index is 5.70. The summed E-state index contributed by atoms with van der Waals surface area (Å²) in [4.78, 5) is 6.58. The van der Waals surface area contributed by atoms with E-state index in [2.05, 4.69) is 35.8 Å². The van der Waals surface area contributed by atoms with Crippen LogP contribution in [0.25, 0.3) is 0 Å². The van der Waals surface area contributed by atoms with E-state index >= 15 is 0 Å². The van der Waals surface area contributed by atoms with Crippen molar-refractivity contribution in [2.45, 2.75) is 32.7 Å². The van der Waals surface area contributed by atoms with E-state index in [4.69, 9.17) is 9.26 Å². The second-order valence-corrected chi connectivity index (χ2v) is 5.46. The average Bonchev–Trinajstić information content (AvgIpc) is 2.97. The van der Waals surface area contributed by atoms with Crippen LogP contribution in [0, 0.1) is 0 Å². The highest BCUT2D eigenvalue weighted by molar-refractivity contribution is 5.20. The Morgan fingerprint density at radius 3 is 2.52 bits per heavy atom. The standard InChI is InChI=1S/C16H23N3O2/c1-12(2)15-17-16(21-18-15)13(3)19(4)10-11-20-14-8-6-5-7-9-14/h5-9,12-13H,10-11H2,1-4H3/t13-/m1/s1. The highest BCUT2D eigenvalue weighted by Crippen LogP contribution is 2.19.